The van der Waals surface area contributed by atoms with Gasteiger partial charge in [-0.25, -0.2) is 4.98 Å². The molecule has 1 aromatic heterocycles. The van der Waals surface area contributed by atoms with Crippen LogP contribution in [0.1, 0.15) is 0 Å². The molecule has 2 N–H and O–H groups in total. The maximum atomic E-state index is 6.02. The van der Waals surface area contributed by atoms with Gasteiger partial charge in [0.25, 0.3) is 0 Å². The summed E-state index contributed by atoms with van der Waals surface area (Å²) in [4.78, 5) is 4.10. The van der Waals surface area contributed by atoms with Gasteiger partial charge >= 0.3 is 0 Å². The summed E-state index contributed by atoms with van der Waals surface area (Å²) in [6.07, 6.45) is 1.68. The molecule has 0 amide bonds. The van der Waals surface area contributed by atoms with Crippen LogP contribution < -0.4 is 10.6 Å². The topological polar surface area (TPSA) is 37.0 Å². The van der Waals surface area contributed by atoms with E-state index >= 15 is 0 Å². The third-order valence-corrected chi connectivity index (χ3v) is 2.85. The average Bonchev–Trinajstić information content (AvgIpc) is 2.35. The van der Waals surface area contributed by atoms with Crippen molar-refractivity contribution in [2.45, 2.75) is 0 Å². The predicted molar refractivity (Wildman–Crippen MR) is 80.5 cm³/mol. The number of nitrogens with zero attached hydrogens (tertiary/aromatic N) is 1. The standard InChI is InChI=1S/C12H9Cl2N3S/c13-8-4-5-9(14)10(7-8)16-12(18)17-11-3-1-2-6-15-11/h1-7H,(H2,15,16,17,18). The van der Waals surface area contributed by atoms with Gasteiger partial charge in [-0.05, 0) is 42.5 Å². The van der Waals surface area contributed by atoms with E-state index in [1.165, 1.54) is 0 Å². The van der Waals surface area contributed by atoms with E-state index in [-0.39, 0.29) is 0 Å². The highest BCUT2D eigenvalue weighted by atomic mass is 35.5. The second-order valence-electron chi connectivity index (χ2n) is 3.42. The van der Waals surface area contributed by atoms with Crippen LogP contribution >= 0.6 is 35.4 Å². The van der Waals surface area contributed by atoms with Gasteiger partial charge in [0.15, 0.2) is 5.11 Å². The lowest BCUT2D eigenvalue weighted by molar-refractivity contribution is 1.32. The summed E-state index contributed by atoms with van der Waals surface area (Å²) < 4.78 is 0. The second kappa shape index (κ2) is 6.00. The minimum Gasteiger partial charge on any atom is -0.331 e. The molecule has 1 heterocycles. The first-order valence-corrected chi connectivity index (χ1v) is 6.25. The normalized spacial score (nSPS) is 9.89. The monoisotopic (exact) mass is 297 g/mol. The van der Waals surface area contributed by atoms with Crippen molar-refractivity contribution in [2.24, 2.45) is 0 Å². The Balaban J connectivity index is 2.05. The van der Waals surface area contributed by atoms with E-state index in [2.05, 4.69) is 15.6 Å². The average molecular weight is 298 g/mol. The zero-order chi connectivity index (χ0) is 13.0. The van der Waals surface area contributed by atoms with Crippen LogP contribution in [-0.2, 0) is 0 Å². The number of hydrogen-bond acceptors (Lipinski definition) is 2. The van der Waals surface area contributed by atoms with Crippen LogP contribution in [-0.4, -0.2) is 10.1 Å². The Kier molecular flexibility index (Phi) is 4.36. The van der Waals surface area contributed by atoms with Crippen LogP contribution in [0.15, 0.2) is 42.6 Å². The first-order valence-electron chi connectivity index (χ1n) is 5.09. The first kappa shape index (κ1) is 13.1. The van der Waals surface area contributed by atoms with Crippen LogP contribution in [0.25, 0.3) is 0 Å². The lowest BCUT2D eigenvalue weighted by atomic mass is 10.3. The highest BCUT2D eigenvalue weighted by molar-refractivity contribution is 7.80. The van der Waals surface area contributed by atoms with Crippen molar-refractivity contribution in [3.05, 3.63) is 52.6 Å². The van der Waals surface area contributed by atoms with Gasteiger partial charge in [-0.3, -0.25) is 0 Å². The number of aromatic nitrogens is 1. The molecule has 0 spiro atoms. The number of hydrogen-bond donors (Lipinski definition) is 2. The van der Waals surface area contributed by atoms with E-state index in [0.717, 1.165) is 0 Å². The molecule has 0 saturated heterocycles. The fourth-order valence-electron chi connectivity index (χ4n) is 1.30. The zero-order valence-corrected chi connectivity index (χ0v) is 11.5. The van der Waals surface area contributed by atoms with E-state index in [1.54, 1.807) is 24.4 Å². The van der Waals surface area contributed by atoms with Gasteiger partial charge in [-0.15, -0.1) is 0 Å². The molecule has 0 unspecified atom stereocenters. The Morgan fingerprint density at radius 3 is 2.67 bits per heavy atom. The van der Waals surface area contributed by atoms with Crippen LogP contribution in [0.3, 0.4) is 0 Å². The third kappa shape index (κ3) is 3.57. The SMILES string of the molecule is S=C(Nc1ccccn1)Nc1cc(Cl)ccc1Cl. The lowest BCUT2D eigenvalue weighted by Gasteiger charge is -2.11. The largest absolute Gasteiger partial charge is 0.331 e. The highest BCUT2D eigenvalue weighted by Gasteiger charge is 2.04. The molecule has 0 radical (unpaired) electrons. The quantitative estimate of drug-likeness (QED) is 0.815. The van der Waals surface area contributed by atoms with E-state index in [1.807, 2.05) is 18.2 Å². The van der Waals surface area contributed by atoms with Gasteiger partial charge in [-0.1, -0.05) is 29.3 Å². The molecule has 0 saturated carbocycles. The summed E-state index contributed by atoms with van der Waals surface area (Å²) in [7, 11) is 0. The van der Waals surface area contributed by atoms with Crippen molar-refractivity contribution in [1.82, 2.24) is 4.98 Å². The number of anilines is 2. The minimum atomic E-state index is 0.401. The molecule has 18 heavy (non-hydrogen) atoms. The number of halogens is 2. The van der Waals surface area contributed by atoms with Crippen LogP contribution in [0.4, 0.5) is 11.5 Å². The Bertz CT molecular complexity index is 561. The molecule has 2 aromatic rings. The van der Waals surface area contributed by atoms with Crippen LogP contribution in [0.2, 0.25) is 10.0 Å². The smallest absolute Gasteiger partial charge is 0.176 e. The minimum absolute atomic E-state index is 0.401. The fraction of sp³-hybridized carbons (Fsp3) is 0. The molecule has 1 aromatic carbocycles. The summed E-state index contributed by atoms with van der Waals surface area (Å²) in [5.41, 5.74) is 0.651. The van der Waals surface area contributed by atoms with Crippen molar-refractivity contribution in [3.8, 4) is 0 Å². The van der Waals surface area contributed by atoms with E-state index in [9.17, 15) is 0 Å². The van der Waals surface area contributed by atoms with Gasteiger partial charge in [0.1, 0.15) is 5.82 Å². The lowest BCUT2D eigenvalue weighted by Crippen LogP contribution is -2.19. The molecule has 0 fully saturated rings. The van der Waals surface area contributed by atoms with Gasteiger partial charge in [0.05, 0.1) is 10.7 Å². The number of pyridine rings is 1. The number of rotatable bonds is 2. The van der Waals surface area contributed by atoms with Crippen molar-refractivity contribution < 1.29 is 0 Å². The van der Waals surface area contributed by atoms with Crippen LogP contribution in [0.5, 0.6) is 0 Å². The number of nitrogens with one attached hydrogen (secondary N) is 2. The Hall–Kier alpha value is -1.36. The third-order valence-electron chi connectivity index (χ3n) is 2.08. The van der Waals surface area contributed by atoms with E-state index in [0.29, 0.717) is 26.7 Å². The highest BCUT2D eigenvalue weighted by Crippen LogP contribution is 2.25. The maximum Gasteiger partial charge on any atom is 0.176 e. The molecule has 2 rings (SSSR count). The summed E-state index contributed by atoms with van der Waals surface area (Å²) >= 11 is 17.1. The van der Waals surface area contributed by atoms with E-state index < -0.39 is 0 Å². The fourth-order valence-corrected chi connectivity index (χ4v) is 1.85. The number of thiocarbonyl (C=S) groups is 1. The van der Waals surface area contributed by atoms with Crippen molar-refractivity contribution in [1.29, 1.82) is 0 Å². The second-order valence-corrected chi connectivity index (χ2v) is 4.67. The van der Waals surface area contributed by atoms with Crippen molar-refractivity contribution in [3.63, 3.8) is 0 Å². The van der Waals surface area contributed by atoms with Crippen LogP contribution in [0, 0.1) is 0 Å². The summed E-state index contributed by atoms with van der Waals surface area (Å²) in [5, 5.41) is 7.44. The molecule has 92 valence electrons. The Morgan fingerprint density at radius 2 is 1.94 bits per heavy atom. The predicted octanol–water partition coefficient (Wildman–Crippen LogP) is 4.20. The van der Waals surface area contributed by atoms with Gasteiger partial charge in [-0.2, -0.15) is 0 Å². The Labute approximate surface area is 120 Å². The summed E-state index contributed by atoms with van der Waals surface area (Å²) in [6.45, 7) is 0. The van der Waals surface area contributed by atoms with Gasteiger partial charge in [0.2, 0.25) is 0 Å². The zero-order valence-electron chi connectivity index (χ0n) is 9.15. The molecule has 0 bridgehead atoms. The molecule has 6 heteroatoms. The summed E-state index contributed by atoms with van der Waals surface area (Å²) in [5.74, 6) is 0.660. The van der Waals surface area contributed by atoms with Gasteiger partial charge in [0, 0.05) is 11.2 Å². The first-order chi connectivity index (χ1) is 8.65. The molecule has 3 nitrogen and oxygen atoms in total. The summed E-state index contributed by atoms with van der Waals surface area (Å²) in [6, 6.07) is 10.6. The molecule has 0 aliphatic carbocycles. The van der Waals surface area contributed by atoms with Crippen molar-refractivity contribution >= 4 is 52.0 Å². The van der Waals surface area contributed by atoms with E-state index in [4.69, 9.17) is 35.4 Å². The van der Waals surface area contributed by atoms with Crippen molar-refractivity contribution in [2.75, 3.05) is 10.6 Å². The van der Waals surface area contributed by atoms with Gasteiger partial charge < -0.3 is 10.6 Å². The Morgan fingerprint density at radius 1 is 1.11 bits per heavy atom. The molecular weight excluding hydrogens is 289 g/mol. The molecule has 0 aliphatic rings. The number of benzene rings is 1. The maximum absolute atomic E-state index is 6.02. The molecule has 0 atom stereocenters. The molecular formula is C12H9Cl2N3S. The molecule has 0 aliphatic heterocycles.